The van der Waals surface area contributed by atoms with E-state index in [0.29, 0.717) is 5.92 Å². The minimum absolute atomic E-state index is 0.126. The van der Waals surface area contributed by atoms with Crippen LogP contribution in [-0.2, 0) is 13.0 Å². The van der Waals surface area contributed by atoms with Crippen LogP contribution in [0.25, 0.3) is 0 Å². The lowest BCUT2D eigenvalue weighted by molar-refractivity contribution is 0.0703. The zero-order chi connectivity index (χ0) is 19.9. The van der Waals surface area contributed by atoms with Crippen LogP contribution in [0, 0.1) is 0 Å². The van der Waals surface area contributed by atoms with Gasteiger partial charge in [0.05, 0.1) is 0 Å². The molecular weight excluding hydrogens is 348 g/mol. The number of benzene rings is 1. The molecule has 1 fully saturated rings. The van der Waals surface area contributed by atoms with Gasteiger partial charge in [0.25, 0.3) is 5.91 Å². The van der Waals surface area contributed by atoms with Crippen molar-refractivity contribution in [2.75, 3.05) is 33.7 Å². The summed E-state index contributed by atoms with van der Waals surface area (Å²) in [4.78, 5) is 21.8. The molecule has 0 aliphatic carbocycles. The Balaban J connectivity index is 1.65. The summed E-state index contributed by atoms with van der Waals surface area (Å²) in [5, 5.41) is 0. The quantitative estimate of drug-likeness (QED) is 0.657. The molecule has 2 heterocycles. The van der Waals surface area contributed by atoms with Crippen molar-refractivity contribution in [1.82, 2.24) is 19.4 Å². The Labute approximate surface area is 168 Å². The van der Waals surface area contributed by atoms with E-state index in [4.69, 9.17) is 0 Å². The van der Waals surface area contributed by atoms with E-state index in [0.717, 1.165) is 63.3 Å². The first kappa shape index (κ1) is 20.3. The second-order valence-electron chi connectivity index (χ2n) is 7.92. The van der Waals surface area contributed by atoms with E-state index in [1.54, 1.807) is 0 Å². The maximum atomic E-state index is 13.0. The third-order valence-corrected chi connectivity index (χ3v) is 5.41. The molecule has 5 nitrogen and oxygen atoms in total. The predicted octanol–water partition coefficient (Wildman–Crippen LogP) is 3.58. The van der Waals surface area contributed by atoms with Crippen LogP contribution in [0.5, 0.6) is 0 Å². The smallest absolute Gasteiger partial charge is 0.253 e. The molecule has 1 aliphatic heterocycles. The minimum Gasteiger partial charge on any atom is -0.338 e. The van der Waals surface area contributed by atoms with Crippen LogP contribution in [-0.4, -0.2) is 59.0 Å². The molecule has 3 rings (SSSR count). The van der Waals surface area contributed by atoms with Gasteiger partial charge in [-0.3, -0.25) is 4.79 Å². The summed E-state index contributed by atoms with van der Waals surface area (Å²) < 4.78 is 2.27. The van der Waals surface area contributed by atoms with E-state index < -0.39 is 0 Å². The van der Waals surface area contributed by atoms with Crippen LogP contribution >= 0.6 is 0 Å². The van der Waals surface area contributed by atoms with E-state index in [-0.39, 0.29) is 5.91 Å². The molecule has 150 valence electrons. The molecule has 1 aliphatic rings. The van der Waals surface area contributed by atoms with Gasteiger partial charge in [0.1, 0.15) is 5.82 Å². The van der Waals surface area contributed by atoms with Gasteiger partial charge in [-0.25, -0.2) is 4.98 Å². The molecule has 0 saturated carbocycles. The third kappa shape index (κ3) is 5.10. The van der Waals surface area contributed by atoms with Gasteiger partial charge in [-0.05, 0) is 64.0 Å². The Hall–Kier alpha value is -2.40. The van der Waals surface area contributed by atoms with Gasteiger partial charge < -0.3 is 14.4 Å². The van der Waals surface area contributed by atoms with Crippen molar-refractivity contribution in [3.63, 3.8) is 0 Å². The molecule has 1 atom stereocenters. The van der Waals surface area contributed by atoms with Crippen molar-refractivity contribution in [1.29, 1.82) is 0 Å². The van der Waals surface area contributed by atoms with Crippen LogP contribution in [0.3, 0.4) is 0 Å². The van der Waals surface area contributed by atoms with E-state index in [1.807, 2.05) is 41.4 Å². The number of amides is 1. The van der Waals surface area contributed by atoms with Crippen molar-refractivity contribution >= 4 is 5.91 Å². The third-order valence-electron chi connectivity index (χ3n) is 5.41. The van der Waals surface area contributed by atoms with Crippen LogP contribution in [0.15, 0.2) is 49.3 Å². The highest BCUT2D eigenvalue weighted by molar-refractivity contribution is 5.94. The van der Waals surface area contributed by atoms with Gasteiger partial charge >= 0.3 is 0 Å². The Bertz CT molecular complexity index is 778. The van der Waals surface area contributed by atoms with Crippen LogP contribution in [0.2, 0.25) is 0 Å². The van der Waals surface area contributed by atoms with Crippen molar-refractivity contribution in [3.05, 3.63) is 66.3 Å². The molecular formula is C23H32N4O. The highest BCUT2D eigenvalue weighted by Crippen LogP contribution is 2.27. The van der Waals surface area contributed by atoms with Crippen molar-refractivity contribution in [3.8, 4) is 0 Å². The van der Waals surface area contributed by atoms with Crippen LogP contribution in [0.4, 0.5) is 0 Å². The molecule has 28 heavy (non-hydrogen) atoms. The zero-order valence-corrected chi connectivity index (χ0v) is 17.2. The summed E-state index contributed by atoms with van der Waals surface area (Å²) in [6.45, 7) is 7.38. The molecule has 1 saturated heterocycles. The van der Waals surface area contributed by atoms with Gasteiger partial charge in [-0.1, -0.05) is 18.2 Å². The molecule has 0 bridgehead atoms. The number of carbonyl (C=O) groups excluding carboxylic acids is 1. The SMILES string of the molecule is C=CCc1ccc(C(=O)N2CCCC(c3nccn3CCCN(C)C)C2)cc1. The Morgan fingerprint density at radius 2 is 2.11 bits per heavy atom. The first-order valence-corrected chi connectivity index (χ1v) is 10.2. The second kappa shape index (κ2) is 9.69. The Morgan fingerprint density at radius 1 is 1.32 bits per heavy atom. The zero-order valence-electron chi connectivity index (χ0n) is 17.2. The Morgan fingerprint density at radius 3 is 2.82 bits per heavy atom. The molecule has 1 amide bonds. The van der Waals surface area contributed by atoms with E-state index in [9.17, 15) is 4.79 Å². The molecule has 1 aromatic carbocycles. The number of likely N-dealkylation sites (tertiary alicyclic amines) is 1. The van der Waals surface area contributed by atoms with Crippen molar-refractivity contribution in [2.45, 2.75) is 38.1 Å². The average molecular weight is 381 g/mol. The predicted molar refractivity (Wildman–Crippen MR) is 114 cm³/mol. The summed E-state index contributed by atoms with van der Waals surface area (Å²) in [5.74, 6) is 1.56. The number of aryl methyl sites for hydroxylation is 1. The van der Waals surface area contributed by atoms with Gasteiger partial charge in [-0.2, -0.15) is 0 Å². The standard InChI is InChI=1S/C23H32N4O/c1-4-7-19-9-11-20(12-10-19)23(28)27-15-5-8-21(18-27)22-24-13-17-26(22)16-6-14-25(2)3/h4,9-13,17,21H,1,5-8,14-16,18H2,2-3H3. The van der Waals surface area contributed by atoms with Crippen LogP contribution < -0.4 is 0 Å². The maximum Gasteiger partial charge on any atom is 0.253 e. The monoisotopic (exact) mass is 380 g/mol. The number of carbonyl (C=O) groups is 1. The molecule has 2 aromatic rings. The number of allylic oxidation sites excluding steroid dienone is 1. The lowest BCUT2D eigenvalue weighted by Crippen LogP contribution is -2.39. The normalized spacial score (nSPS) is 17.1. The van der Waals surface area contributed by atoms with Crippen LogP contribution in [0.1, 0.15) is 46.9 Å². The number of hydrogen-bond acceptors (Lipinski definition) is 3. The molecule has 0 spiro atoms. The number of hydrogen-bond donors (Lipinski definition) is 0. The summed E-state index contributed by atoms with van der Waals surface area (Å²) >= 11 is 0. The molecule has 5 heteroatoms. The van der Waals surface area contributed by atoms with E-state index >= 15 is 0 Å². The van der Waals surface area contributed by atoms with Gasteiger partial charge in [0.15, 0.2) is 0 Å². The summed E-state index contributed by atoms with van der Waals surface area (Å²) in [7, 11) is 4.20. The summed E-state index contributed by atoms with van der Waals surface area (Å²) in [5.41, 5.74) is 1.95. The summed E-state index contributed by atoms with van der Waals surface area (Å²) in [6, 6.07) is 7.92. The molecule has 0 N–H and O–H groups in total. The second-order valence-corrected chi connectivity index (χ2v) is 7.92. The Kier molecular flexibility index (Phi) is 7.04. The van der Waals surface area contributed by atoms with Crippen molar-refractivity contribution in [2.24, 2.45) is 0 Å². The number of imidazole rings is 1. The molecule has 0 radical (unpaired) electrons. The fraction of sp³-hybridized carbons (Fsp3) is 0.478. The topological polar surface area (TPSA) is 41.4 Å². The first-order chi connectivity index (χ1) is 13.6. The van der Waals surface area contributed by atoms with Gasteiger partial charge in [0.2, 0.25) is 0 Å². The number of piperidine rings is 1. The lowest BCUT2D eigenvalue weighted by atomic mass is 9.96. The largest absolute Gasteiger partial charge is 0.338 e. The first-order valence-electron chi connectivity index (χ1n) is 10.2. The highest BCUT2D eigenvalue weighted by atomic mass is 16.2. The molecule has 1 aromatic heterocycles. The van der Waals surface area contributed by atoms with Gasteiger partial charge in [-0.15, -0.1) is 6.58 Å². The fourth-order valence-corrected chi connectivity index (χ4v) is 3.93. The highest BCUT2D eigenvalue weighted by Gasteiger charge is 2.28. The lowest BCUT2D eigenvalue weighted by Gasteiger charge is -2.33. The number of rotatable bonds is 8. The fourth-order valence-electron chi connectivity index (χ4n) is 3.93. The van der Waals surface area contributed by atoms with Gasteiger partial charge in [0, 0.05) is 43.5 Å². The van der Waals surface area contributed by atoms with E-state index in [2.05, 4.69) is 41.3 Å². The number of aromatic nitrogens is 2. The maximum absolute atomic E-state index is 13.0. The minimum atomic E-state index is 0.126. The van der Waals surface area contributed by atoms with Crippen molar-refractivity contribution < 1.29 is 4.79 Å². The number of nitrogens with zero attached hydrogens (tertiary/aromatic N) is 4. The molecule has 1 unspecified atom stereocenters. The average Bonchev–Trinajstić information content (AvgIpc) is 3.17. The summed E-state index contributed by atoms with van der Waals surface area (Å²) in [6.07, 6.45) is 9.89. The van der Waals surface area contributed by atoms with E-state index in [1.165, 1.54) is 5.56 Å².